The number of benzene rings is 1. The molecule has 1 fully saturated rings. The highest BCUT2D eigenvalue weighted by Crippen LogP contribution is 2.19. The van der Waals surface area contributed by atoms with Crippen molar-refractivity contribution in [1.29, 1.82) is 0 Å². The first-order valence-corrected chi connectivity index (χ1v) is 9.77. The maximum Gasteiger partial charge on any atom is 0.257 e. The van der Waals surface area contributed by atoms with E-state index in [1.54, 1.807) is 11.0 Å². The molecular weight excluding hydrogens is 366 g/mol. The highest BCUT2D eigenvalue weighted by molar-refractivity contribution is 5.96. The van der Waals surface area contributed by atoms with Crippen molar-refractivity contribution < 1.29 is 14.0 Å². The van der Waals surface area contributed by atoms with Gasteiger partial charge in [-0.25, -0.2) is 0 Å². The fourth-order valence-electron chi connectivity index (χ4n) is 3.63. The first-order valence-electron chi connectivity index (χ1n) is 9.77. The zero-order valence-electron chi connectivity index (χ0n) is 16.3. The molecule has 0 spiro atoms. The normalized spacial score (nSPS) is 14.6. The van der Waals surface area contributed by atoms with Crippen LogP contribution >= 0.6 is 0 Å². The molecule has 0 aliphatic carbocycles. The Morgan fingerprint density at radius 2 is 1.83 bits per heavy atom. The fraction of sp³-hybridized carbons (Fsp3) is 0.261. The lowest BCUT2D eigenvalue weighted by molar-refractivity contribution is 0.0697. The maximum atomic E-state index is 12.7. The van der Waals surface area contributed by atoms with Crippen LogP contribution in [0.3, 0.4) is 0 Å². The molecule has 1 saturated heterocycles. The molecule has 0 unspecified atom stereocenters. The Bertz CT molecular complexity index is 991. The molecule has 2 amide bonds. The number of likely N-dealkylation sites (tertiary alicyclic amines) is 1. The third kappa shape index (κ3) is 4.21. The number of aromatic nitrogens is 1. The van der Waals surface area contributed by atoms with Crippen molar-refractivity contribution in [3.63, 3.8) is 0 Å². The zero-order valence-corrected chi connectivity index (χ0v) is 16.3. The number of rotatable bonds is 4. The fourth-order valence-corrected chi connectivity index (χ4v) is 3.63. The van der Waals surface area contributed by atoms with Crippen LogP contribution in [0.15, 0.2) is 65.5 Å². The molecule has 148 valence electrons. The minimum atomic E-state index is -0.116. The van der Waals surface area contributed by atoms with Crippen molar-refractivity contribution in [3.8, 4) is 11.3 Å². The quantitative estimate of drug-likeness (QED) is 0.738. The molecule has 2 aromatic heterocycles. The van der Waals surface area contributed by atoms with E-state index in [1.807, 2.05) is 49.4 Å². The van der Waals surface area contributed by atoms with Crippen molar-refractivity contribution >= 4 is 11.8 Å². The van der Waals surface area contributed by atoms with Crippen molar-refractivity contribution in [3.05, 3.63) is 77.9 Å². The summed E-state index contributed by atoms with van der Waals surface area (Å²) >= 11 is 0. The average Bonchev–Trinajstić information content (AvgIpc) is 3.29. The van der Waals surface area contributed by atoms with Crippen molar-refractivity contribution in [2.75, 3.05) is 13.1 Å². The summed E-state index contributed by atoms with van der Waals surface area (Å²) < 4.78 is 4.99. The van der Waals surface area contributed by atoms with E-state index in [4.69, 9.17) is 4.42 Å². The maximum absolute atomic E-state index is 12.7. The predicted octanol–water partition coefficient (Wildman–Crippen LogP) is 3.68. The van der Waals surface area contributed by atoms with Gasteiger partial charge in [0.2, 0.25) is 0 Å². The number of nitrogens with one attached hydrogen (secondary N) is 1. The van der Waals surface area contributed by atoms with E-state index in [0.29, 0.717) is 29.9 Å². The van der Waals surface area contributed by atoms with E-state index in [-0.39, 0.29) is 17.9 Å². The Morgan fingerprint density at radius 1 is 1.07 bits per heavy atom. The Morgan fingerprint density at radius 3 is 2.48 bits per heavy atom. The second-order valence-corrected chi connectivity index (χ2v) is 7.25. The molecule has 3 aromatic rings. The van der Waals surface area contributed by atoms with Gasteiger partial charge in [-0.1, -0.05) is 30.3 Å². The second kappa shape index (κ2) is 8.31. The molecule has 0 bridgehead atoms. The van der Waals surface area contributed by atoms with Gasteiger partial charge in [0.1, 0.15) is 6.26 Å². The number of aryl methyl sites for hydroxylation is 1. The molecule has 6 heteroatoms. The van der Waals surface area contributed by atoms with Crippen LogP contribution in [-0.4, -0.2) is 40.8 Å². The Hall–Kier alpha value is -3.41. The summed E-state index contributed by atoms with van der Waals surface area (Å²) in [6.45, 7) is 3.08. The first kappa shape index (κ1) is 18.9. The van der Waals surface area contributed by atoms with Gasteiger partial charge in [-0.15, -0.1) is 0 Å². The number of carbonyl (C=O) groups excluding carboxylic acids is 2. The number of piperidine rings is 1. The molecule has 1 aliphatic rings. The number of nitrogens with zero attached hydrogens (tertiary/aromatic N) is 2. The monoisotopic (exact) mass is 389 g/mol. The molecule has 0 saturated carbocycles. The van der Waals surface area contributed by atoms with Gasteiger partial charge < -0.3 is 14.6 Å². The molecule has 6 nitrogen and oxygen atoms in total. The summed E-state index contributed by atoms with van der Waals surface area (Å²) in [7, 11) is 0. The highest BCUT2D eigenvalue weighted by Gasteiger charge is 2.25. The van der Waals surface area contributed by atoms with Gasteiger partial charge in [0.25, 0.3) is 11.8 Å². The number of carbonyl (C=O) groups is 2. The predicted molar refractivity (Wildman–Crippen MR) is 110 cm³/mol. The molecule has 1 N–H and O–H groups in total. The molecule has 29 heavy (non-hydrogen) atoms. The van der Waals surface area contributed by atoms with E-state index < -0.39 is 0 Å². The second-order valence-electron chi connectivity index (χ2n) is 7.25. The van der Waals surface area contributed by atoms with Crippen LogP contribution < -0.4 is 5.32 Å². The van der Waals surface area contributed by atoms with Crippen LogP contribution in [-0.2, 0) is 0 Å². The average molecular weight is 389 g/mol. The Balaban J connectivity index is 1.36. The van der Waals surface area contributed by atoms with Gasteiger partial charge in [-0.05, 0) is 38.0 Å². The zero-order chi connectivity index (χ0) is 20.2. The summed E-state index contributed by atoms with van der Waals surface area (Å²) in [5, 5.41) is 3.09. The smallest absolute Gasteiger partial charge is 0.257 e. The van der Waals surface area contributed by atoms with Crippen LogP contribution in [0.1, 0.15) is 39.3 Å². The summed E-state index contributed by atoms with van der Waals surface area (Å²) in [6.07, 6.45) is 4.42. The van der Waals surface area contributed by atoms with Gasteiger partial charge in [0, 0.05) is 24.7 Å². The van der Waals surface area contributed by atoms with Gasteiger partial charge in [-0.3, -0.25) is 14.6 Å². The standard InChI is InChI=1S/C23H23N3O3/c1-16-20(7-8-21(24-16)17-5-3-2-4-6-17)22(27)25-19-9-12-26(13-10-19)23(28)18-11-14-29-15-18/h2-8,11,14-15,19H,9-10,12-13H2,1H3,(H,25,27). The minimum absolute atomic E-state index is 0.0277. The topological polar surface area (TPSA) is 75.4 Å². The molecule has 1 aliphatic heterocycles. The van der Waals surface area contributed by atoms with Crippen LogP contribution in [0, 0.1) is 6.92 Å². The van der Waals surface area contributed by atoms with Gasteiger partial charge in [-0.2, -0.15) is 0 Å². The lowest BCUT2D eigenvalue weighted by Gasteiger charge is -2.32. The number of amides is 2. The third-order valence-corrected chi connectivity index (χ3v) is 5.29. The molecule has 4 rings (SSSR count). The van der Waals surface area contributed by atoms with Gasteiger partial charge >= 0.3 is 0 Å². The van der Waals surface area contributed by atoms with Crippen LogP contribution in [0.4, 0.5) is 0 Å². The minimum Gasteiger partial charge on any atom is -0.472 e. The Labute approximate surface area is 169 Å². The lowest BCUT2D eigenvalue weighted by atomic mass is 10.0. The molecular formula is C23H23N3O3. The molecule has 1 aromatic carbocycles. The largest absolute Gasteiger partial charge is 0.472 e. The summed E-state index contributed by atoms with van der Waals surface area (Å²) in [6, 6.07) is 15.3. The van der Waals surface area contributed by atoms with Crippen molar-refractivity contribution in [1.82, 2.24) is 15.2 Å². The van der Waals surface area contributed by atoms with Crippen LogP contribution in [0.25, 0.3) is 11.3 Å². The van der Waals surface area contributed by atoms with Gasteiger partial charge in [0.15, 0.2) is 0 Å². The van der Waals surface area contributed by atoms with E-state index in [1.165, 1.54) is 12.5 Å². The highest BCUT2D eigenvalue weighted by atomic mass is 16.3. The summed E-state index contributed by atoms with van der Waals surface area (Å²) in [5.74, 6) is -0.144. The van der Waals surface area contributed by atoms with Crippen molar-refractivity contribution in [2.24, 2.45) is 0 Å². The lowest BCUT2D eigenvalue weighted by Crippen LogP contribution is -2.46. The van der Waals surface area contributed by atoms with Crippen LogP contribution in [0.2, 0.25) is 0 Å². The van der Waals surface area contributed by atoms with E-state index in [9.17, 15) is 9.59 Å². The van der Waals surface area contributed by atoms with E-state index in [0.717, 1.165) is 24.1 Å². The number of hydrogen-bond acceptors (Lipinski definition) is 4. The molecule has 0 radical (unpaired) electrons. The number of hydrogen-bond donors (Lipinski definition) is 1. The number of furan rings is 1. The number of pyridine rings is 1. The van der Waals surface area contributed by atoms with E-state index >= 15 is 0 Å². The van der Waals surface area contributed by atoms with Crippen LogP contribution in [0.5, 0.6) is 0 Å². The molecule has 3 heterocycles. The Kier molecular flexibility index (Phi) is 5.42. The first-order chi connectivity index (χ1) is 14.1. The van der Waals surface area contributed by atoms with Crippen molar-refractivity contribution in [2.45, 2.75) is 25.8 Å². The third-order valence-electron chi connectivity index (χ3n) is 5.29. The summed E-state index contributed by atoms with van der Waals surface area (Å²) in [4.78, 5) is 31.5. The van der Waals surface area contributed by atoms with E-state index in [2.05, 4.69) is 10.3 Å². The SMILES string of the molecule is Cc1nc(-c2ccccc2)ccc1C(=O)NC1CCN(C(=O)c2ccoc2)CC1. The van der Waals surface area contributed by atoms with Gasteiger partial charge in [0.05, 0.1) is 28.8 Å². The summed E-state index contributed by atoms with van der Waals surface area (Å²) in [5.41, 5.74) is 3.73. The molecule has 0 atom stereocenters.